The van der Waals surface area contributed by atoms with Gasteiger partial charge in [0.25, 0.3) is 0 Å². The van der Waals surface area contributed by atoms with Crippen LogP contribution in [-0.4, -0.2) is 12.8 Å². The molecule has 0 aliphatic rings. The number of hydrogen-bond donors (Lipinski definition) is 1. The van der Waals surface area contributed by atoms with Gasteiger partial charge in [-0.25, -0.2) is 4.99 Å². The molecule has 0 aliphatic carbocycles. The van der Waals surface area contributed by atoms with E-state index in [1.54, 1.807) is 0 Å². The molecule has 2 nitrogen and oxygen atoms in total. The minimum Gasteiger partial charge on any atom is -0.373 e. The van der Waals surface area contributed by atoms with E-state index in [-0.39, 0.29) is 0 Å². The van der Waals surface area contributed by atoms with Gasteiger partial charge in [0, 0.05) is 12.8 Å². The van der Waals surface area contributed by atoms with Gasteiger partial charge in [-0.1, -0.05) is 6.92 Å². The van der Waals surface area contributed by atoms with E-state index >= 15 is 0 Å². The van der Waals surface area contributed by atoms with Crippen molar-refractivity contribution in [2.45, 2.75) is 27.2 Å². The van der Waals surface area contributed by atoms with Crippen molar-refractivity contribution in [1.82, 2.24) is 5.32 Å². The van der Waals surface area contributed by atoms with E-state index in [9.17, 15) is 0 Å². The Bertz CT molecular complexity index is 145. The topological polar surface area (TPSA) is 24.4 Å². The third kappa shape index (κ3) is 3.28. The zero-order chi connectivity index (χ0) is 7.98. The van der Waals surface area contributed by atoms with Crippen LogP contribution >= 0.6 is 0 Å². The molecule has 0 rings (SSSR count). The molecule has 0 amide bonds. The minimum absolute atomic E-state index is 0.944. The summed E-state index contributed by atoms with van der Waals surface area (Å²) in [6, 6.07) is 0. The molecule has 0 saturated heterocycles. The van der Waals surface area contributed by atoms with Gasteiger partial charge in [-0.3, -0.25) is 0 Å². The highest BCUT2D eigenvalue weighted by atomic mass is 15.0. The number of nitrogens with one attached hydrogen (secondary N) is 1. The van der Waals surface area contributed by atoms with Gasteiger partial charge in [0.1, 0.15) is 5.82 Å². The molecule has 0 fully saturated rings. The molecule has 0 radical (unpaired) electrons. The van der Waals surface area contributed by atoms with Gasteiger partial charge in [0.2, 0.25) is 0 Å². The Morgan fingerprint density at radius 2 is 2.20 bits per heavy atom. The first-order chi connectivity index (χ1) is 4.74. The monoisotopic (exact) mass is 140 g/mol. The fraction of sp³-hybridized carbons (Fsp3) is 0.625. The van der Waals surface area contributed by atoms with Crippen molar-refractivity contribution < 1.29 is 0 Å². The van der Waals surface area contributed by atoms with Crippen molar-refractivity contribution in [3.05, 3.63) is 11.9 Å². The molecule has 10 heavy (non-hydrogen) atoms. The molecule has 0 aromatic heterocycles. The van der Waals surface area contributed by atoms with Crippen LogP contribution in [-0.2, 0) is 0 Å². The standard InChI is InChI=1S/C8H16N2/c1-5-7(3)10-8(6-2)9-4/h6,9H,5H2,1-4H3/b8-6+,10-7?. The van der Waals surface area contributed by atoms with E-state index < -0.39 is 0 Å². The Labute approximate surface area is 63.0 Å². The van der Waals surface area contributed by atoms with Gasteiger partial charge in [0.15, 0.2) is 0 Å². The Morgan fingerprint density at radius 3 is 2.50 bits per heavy atom. The van der Waals surface area contributed by atoms with Crippen LogP contribution in [0.1, 0.15) is 27.2 Å². The lowest BCUT2D eigenvalue weighted by Gasteiger charge is -1.99. The SMILES string of the molecule is C/C=C(/N=C(C)CC)NC. The van der Waals surface area contributed by atoms with Crippen LogP contribution in [0.15, 0.2) is 16.9 Å². The Hall–Kier alpha value is -0.790. The maximum absolute atomic E-state index is 4.30. The van der Waals surface area contributed by atoms with Crippen LogP contribution < -0.4 is 5.32 Å². The molecular weight excluding hydrogens is 124 g/mol. The maximum Gasteiger partial charge on any atom is 0.121 e. The third-order valence-corrected chi connectivity index (χ3v) is 1.35. The average molecular weight is 140 g/mol. The summed E-state index contributed by atoms with van der Waals surface area (Å²) >= 11 is 0. The zero-order valence-electron chi connectivity index (χ0n) is 7.23. The fourth-order valence-electron chi connectivity index (χ4n) is 0.549. The summed E-state index contributed by atoms with van der Waals surface area (Å²) in [5.74, 6) is 0.944. The van der Waals surface area contributed by atoms with Gasteiger partial charge in [-0.05, 0) is 26.3 Å². The number of nitrogens with zero attached hydrogens (tertiary/aromatic N) is 1. The van der Waals surface area contributed by atoms with Gasteiger partial charge < -0.3 is 5.32 Å². The van der Waals surface area contributed by atoms with Crippen LogP contribution in [0.2, 0.25) is 0 Å². The van der Waals surface area contributed by atoms with Crippen LogP contribution in [0.25, 0.3) is 0 Å². The van der Waals surface area contributed by atoms with Crippen molar-refractivity contribution >= 4 is 5.71 Å². The van der Waals surface area contributed by atoms with Crippen molar-refractivity contribution in [2.24, 2.45) is 4.99 Å². The molecule has 0 unspecified atom stereocenters. The van der Waals surface area contributed by atoms with Crippen molar-refractivity contribution in [3.63, 3.8) is 0 Å². The van der Waals surface area contributed by atoms with Crippen LogP contribution in [0.3, 0.4) is 0 Å². The lowest BCUT2D eigenvalue weighted by molar-refractivity contribution is 0.954. The van der Waals surface area contributed by atoms with E-state index in [1.807, 2.05) is 27.0 Å². The van der Waals surface area contributed by atoms with E-state index in [0.717, 1.165) is 18.0 Å². The predicted octanol–water partition coefficient (Wildman–Crippen LogP) is 1.94. The molecule has 0 aromatic carbocycles. The fourth-order valence-corrected chi connectivity index (χ4v) is 0.549. The highest BCUT2D eigenvalue weighted by Crippen LogP contribution is 1.93. The Balaban J connectivity index is 4.08. The smallest absolute Gasteiger partial charge is 0.121 e. The van der Waals surface area contributed by atoms with Gasteiger partial charge in [-0.15, -0.1) is 0 Å². The molecular formula is C8H16N2. The highest BCUT2D eigenvalue weighted by molar-refractivity contribution is 5.82. The summed E-state index contributed by atoms with van der Waals surface area (Å²) in [7, 11) is 1.88. The summed E-state index contributed by atoms with van der Waals surface area (Å²) in [5, 5.41) is 2.99. The first-order valence-electron chi connectivity index (χ1n) is 3.62. The normalized spacial score (nSPS) is 13.6. The number of allylic oxidation sites excluding steroid dienone is 1. The summed E-state index contributed by atoms with van der Waals surface area (Å²) in [4.78, 5) is 4.30. The maximum atomic E-state index is 4.30. The molecule has 0 spiro atoms. The second kappa shape index (κ2) is 5.03. The van der Waals surface area contributed by atoms with Crippen LogP contribution in [0, 0.1) is 0 Å². The van der Waals surface area contributed by atoms with E-state index in [4.69, 9.17) is 0 Å². The summed E-state index contributed by atoms with van der Waals surface area (Å²) in [5.41, 5.74) is 1.16. The zero-order valence-corrected chi connectivity index (χ0v) is 7.23. The minimum atomic E-state index is 0.944. The van der Waals surface area contributed by atoms with Crippen LogP contribution in [0.4, 0.5) is 0 Å². The Morgan fingerprint density at radius 1 is 1.60 bits per heavy atom. The third-order valence-electron chi connectivity index (χ3n) is 1.35. The first kappa shape index (κ1) is 9.21. The summed E-state index contributed by atoms with van der Waals surface area (Å²) < 4.78 is 0. The molecule has 58 valence electrons. The summed E-state index contributed by atoms with van der Waals surface area (Å²) in [6.45, 7) is 6.10. The van der Waals surface area contributed by atoms with E-state index in [1.165, 1.54) is 0 Å². The largest absolute Gasteiger partial charge is 0.373 e. The molecule has 0 saturated carbocycles. The second-order valence-corrected chi connectivity index (χ2v) is 2.12. The molecule has 0 aliphatic heterocycles. The number of aliphatic imine (C=N–C) groups is 1. The lowest BCUT2D eigenvalue weighted by Crippen LogP contribution is -2.04. The predicted molar refractivity (Wildman–Crippen MR) is 46.2 cm³/mol. The molecule has 0 heterocycles. The Kier molecular flexibility index (Phi) is 4.63. The van der Waals surface area contributed by atoms with Crippen molar-refractivity contribution in [3.8, 4) is 0 Å². The van der Waals surface area contributed by atoms with Crippen LogP contribution in [0.5, 0.6) is 0 Å². The van der Waals surface area contributed by atoms with Crippen molar-refractivity contribution in [2.75, 3.05) is 7.05 Å². The lowest BCUT2D eigenvalue weighted by atomic mass is 10.3. The van der Waals surface area contributed by atoms with Gasteiger partial charge in [0.05, 0.1) is 0 Å². The molecule has 0 atom stereocenters. The van der Waals surface area contributed by atoms with Crippen molar-refractivity contribution in [1.29, 1.82) is 0 Å². The van der Waals surface area contributed by atoms with E-state index in [2.05, 4.69) is 17.2 Å². The van der Waals surface area contributed by atoms with Gasteiger partial charge >= 0.3 is 0 Å². The quantitative estimate of drug-likeness (QED) is 0.595. The number of rotatable bonds is 3. The first-order valence-corrected chi connectivity index (χ1v) is 3.62. The molecule has 0 aromatic rings. The highest BCUT2D eigenvalue weighted by Gasteiger charge is 1.87. The van der Waals surface area contributed by atoms with Gasteiger partial charge in [-0.2, -0.15) is 0 Å². The molecule has 1 N–H and O–H groups in total. The van der Waals surface area contributed by atoms with E-state index in [0.29, 0.717) is 0 Å². The molecule has 0 bridgehead atoms. The molecule has 2 heteroatoms. The number of hydrogen-bond acceptors (Lipinski definition) is 2. The summed E-state index contributed by atoms with van der Waals surface area (Å²) in [6.07, 6.45) is 2.97. The second-order valence-electron chi connectivity index (χ2n) is 2.12. The average Bonchev–Trinajstić information content (AvgIpc) is 1.99.